The largest absolute Gasteiger partial charge is 0.422 e. The number of ketones is 1. The molecule has 0 radical (unpaired) electrons. The number of esters is 1. The number of rotatable bonds is 5. The third-order valence-electron chi connectivity index (χ3n) is 3.35. The lowest BCUT2D eigenvalue weighted by atomic mass is 10.1. The van der Waals surface area contributed by atoms with Gasteiger partial charge >= 0.3 is 5.97 Å². The van der Waals surface area contributed by atoms with Crippen LogP contribution in [-0.4, -0.2) is 11.8 Å². The van der Waals surface area contributed by atoms with Crippen LogP contribution < -0.4 is 4.74 Å². The first kappa shape index (κ1) is 17.1. The van der Waals surface area contributed by atoms with Crippen LogP contribution in [0.4, 0.5) is 0 Å². The van der Waals surface area contributed by atoms with E-state index in [9.17, 15) is 9.59 Å². The summed E-state index contributed by atoms with van der Waals surface area (Å²) < 4.78 is 5.26. The molecular weight excluding hydrogens is 356 g/mol. The molecule has 3 nitrogen and oxygen atoms in total. The summed E-state index contributed by atoms with van der Waals surface area (Å²) in [5.74, 6) is -0.153. The molecule has 0 unspecified atom stereocenters. The van der Waals surface area contributed by atoms with Crippen molar-refractivity contribution in [1.82, 2.24) is 0 Å². The van der Waals surface area contributed by atoms with Crippen LogP contribution in [0.15, 0.2) is 72.1 Å². The van der Waals surface area contributed by atoms with Gasteiger partial charge in [0.15, 0.2) is 5.78 Å². The number of allylic oxidation sites excluding steroid dienone is 1. The monoisotopic (exact) mass is 368 g/mol. The molecule has 5 heteroatoms. The van der Waals surface area contributed by atoms with Crippen molar-refractivity contribution >= 4 is 40.8 Å². The molecule has 3 aromatic rings. The van der Waals surface area contributed by atoms with Gasteiger partial charge in [-0.15, -0.1) is 11.3 Å². The normalized spacial score (nSPS) is 10.8. The second-order valence-electron chi connectivity index (χ2n) is 5.14. The Labute approximate surface area is 154 Å². The third-order valence-corrected chi connectivity index (χ3v) is 4.43. The maximum Gasteiger partial charge on any atom is 0.353 e. The minimum Gasteiger partial charge on any atom is -0.422 e. The number of hydrogen-bond acceptors (Lipinski definition) is 4. The van der Waals surface area contributed by atoms with Gasteiger partial charge in [-0.25, -0.2) is 4.79 Å². The van der Waals surface area contributed by atoms with Crippen molar-refractivity contribution in [2.75, 3.05) is 0 Å². The van der Waals surface area contributed by atoms with Gasteiger partial charge in [0.05, 0.1) is 0 Å². The Morgan fingerprint density at radius 1 is 1.00 bits per heavy atom. The van der Waals surface area contributed by atoms with E-state index in [1.807, 2.05) is 17.5 Å². The Balaban J connectivity index is 1.65. The SMILES string of the molecule is O=C(/C=C/c1cccc(Cl)c1)c1ccc(OC(=O)c2cccs2)cc1. The van der Waals surface area contributed by atoms with Crippen molar-refractivity contribution in [2.24, 2.45) is 0 Å². The topological polar surface area (TPSA) is 43.4 Å². The van der Waals surface area contributed by atoms with Crippen molar-refractivity contribution in [3.8, 4) is 5.75 Å². The van der Waals surface area contributed by atoms with Crippen molar-refractivity contribution < 1.29 is 14.3 Å². The van der Waals surface area contributed by atoms with Gasteiger partial charge in [0.25, 0.3) is 0 Å². The lowest BCUT2D eigenvalue weighted by molar-refractivity contribution is 0.0740. The van der Waals surface area contributed by atoms with Crippen LogP contribution in [0.5, 0.6) is 5.75 Å². The van der Waals surface area contributed by atoms with Gasteiger partial charge in [0.2, 0.25) is 0 Å². The summed E-state index contributed by atoms with van der Waals surface area (Å²) in [5.41, 5.74) is 1.36. The number of thiophene rings is 1. The van der Waals surface area contributed by atoms with Crippen molar-refractivity contribution in [3.05, 3.63) is 93.1 Å². The van der Waals surface area contributed by atoms with Gasteiger partial charge in [-0.1, -0.05) is 35.9 Å². The van der Waals surface area contributed by atoms with Crippen molar-refractivity contribution in [2.45, 2.75) is 0 Å². The van der Waals surface area contributed by atoms with E-state index in [0.29, 0.717) is 21.2 Å². The molecule has 0 saturated carbocycles. The molecule has 0 atom stereocenters. The summed E-state index contributed by atoms with van der Waals surface area (Å²) >= 11 is 7.23. The first-order valence-corrected chi connectivity index (χ1v) is 8.71. The summed E-state index contributed by atoms with van der Waals surface area (Å²) in [6.07, 6.45) is 3.19. The van der Waals surface area contributed by atoms with Gasteiger partial charge in [0, 0.05) is 10.6 Å². The van der Waals surface area contributed by atoms with E-state index in [2.05, 4.69) is 0 Å². The second kappa shape index (κ2) is 7.92. The van der Waals surface area contributed by atoms with Gasteiger partial charge in [-0.2, -0.15) is 0 Å². The molecule has 0 N–H and O–H groups in total. The lowest BCUT2D eigenvalue weighted by Gasteiger charge is -2.03. The highest BCUT2D eigenvalue weighted by molar-refractivity contribution is 7.12. The maximum absolute atomic E-state index is 12.2. The molecule has 0 spiro atoms. The number of hydrogen-bond donors (Lipinski definition) is 0. The highest BCUT2D eigenvalue weighted by Crippen LogP contribution is 2.17. The fourth-order valence-electron chi connectivity index (χ4n) is 2.12. The molecule has 3 rings (SSSR count). The quantitative estimate of drug-likeness (QED) is 0.258. The van der Waals surface area contributed by atoms with Crippen LogP contribution in [0, 0.1) is 0 Å². The van der Waals surface area contributed by atoms with Gasteiger partial charge in [-0.05, 0) is 59.5 Å². The summed E-state index contributed by atoms with van der Waals surface area (Å²) in [6, 6.07) is 17.2. The molecular formula is C20H13ClO3S. The molecule has 124 valence electrons. The molecule has 25 heavy (non-hydrogen) atoms. The number of benzene rings is 2. The summed E-state index contributed by atoms with van der Waals surface area (Å²) in [5, 5.41) is 2.43. The van der Waals surface area contributed by atoms with E-state index in [1.54, 1.807) is 54.6 Å². The Kier molecular flexibility index (Phi) is 5.43. The minimum atomic E-state index is -0.407. The minimum absolute atomic E-state index is 0.142. The zero-order chi connectivity index (χ0) is 17.6. The molecule has 0 aliphatic carbocycles. The first-order chi connectivity index (χ1) is 12.1. The summed E-state index contributed by atoms with van der Waals surface area (Å²) in [4.78, 5) is 24.6. The third kappa shape index (κ3) is 4.66. The molecule has 0 bridgehead atoms. The van der Waals surface area contributed by atoms with E-state index in [-0.39, 0.29) is 5.78 Å². The molecule has 1 aromatic heterocycles. The van der Waals surface area contributed by atoms with Crippen LogP contribution in [-0.2, 0) is 0 Å². The van der Waals surface area contributed by atoms with Crippen LogP contribution in [0.1, 0.15) is 25.6 Å². The molecule has 0 fully saturated rings. The lowest BCUT2D eigenvalue weighted by Crippen LogP contribution is -2.06. The highest BCUT2D eigenvalue weighted by atomic mass is 35.5. The van der Waals surface area contributed by atoms with E-state index < -0.39 is 5.97 Å². The Morgan fingerprint density at radius 2 is 1.80 bits per heavy atom. The summed E-state index contributed by atoms with van der Waals surface area (Å²) in [7, 11) is 0. The standard InChI is InChI=1S/C20H13ClO3S/c21-16-4-1-3-14(13-16)6-11-18(22)15-7-9-17(10-8-15)24-20(23)19-5-2-12-25-19/h1-13H/b11-6+. The molecule has 1 heterocycles. The smallest absolute Gasteiger partial charge is 0.353 e. The predicted octanol–water partition coefficient (Wildman–Crippen LogP) is 5.52. The second-order valence-corrected chi connectivity index (χ2v) is 6.53. The Bertz CT molecular complexity index is 912. The number of halogens is 1. The number of carbonyl (C=O) groups excluding carboxylic acids is 2. The molecule has 0 saturated heterocycles. The van der Waals surface area contributed by atoms with Crippen molar-refractivity contribution in [1.29, 1.82) is 0 Å². The van der Waals surface area contributed by atoms with E-state index in [4.69, 9.17) is 16.3 Å². The van der Waals surface area contributed by atoms with Crippen LogP contribution in [0.3, 0.4) is 0 Å². The summed E-state index contributed by atoms with van der Waals surface area (Å²) in [6.45, 7) is 0. The fourth-order valence-corrected chi connectivity index (χ4v) is 2.92. The van der Waals surface area contributed by atoms with Crippen LogP contribution >= 0.6 is 22.9 Å². The molecule has 0 aliphatic rings. The van der Waals surface area contributed by atoms with E-state index in [1.165, 1.54) is 17.4 Å². The number of carbonyl (C=O) groups is 2. The Morgan fingerprint density at radius 3 is 2.48 bits per heavy atom. The fraction of sp³-hybridized carbons (Fsp3) is 0. The van der Waals surface area contributed by atoms with Crippen LogP contribution in [0.25, 0.3) is 6.08 Å². The van der Waals surface area contributed by atoms with Gasteiger partial charge < -0.3 is 4.74 Å². The average molecular weight is 369 g/mol. The van der Waals surface area contributed by atoms with Crippen LogP contribution in [0.2, 0.25) is 5.02 Å². The predicted molar refractivity (Wildman–Crippen MR) is 101 cm³/mol. The first-order valence-electron chi connectivity index (χ1n) is 7.45. The highest BCUT2D eigenvalue weighted by Gasteiger charge is 2.10. The van der Waals surface area contributed by atoms with E-state index in [0.717, 1.165) is 5.56 Å². The zero-order valence-corrected chi connectivity index (χ0v) is 14.6. The zero-order valence-electron chi connectivity index (χ0n) is 13.0. The van der Waals surface area contributed by atoms with Crippen molar-refractivity contribution in [3.63, 3.8) is 0 Å². The van der Waals surface area contributed by atoms with E-state index >= 15 is 0 Å². The Hall–Kier alpha value is -2.69. The molecule has 0 aliphatic heterocycles. The molecule has 2 aromatic carbocycles. The average Bonchev–Trinajstić information content (AvgIpc) is 3.15. The van der Waals surface area contributed by atoms with Gasteiger partial charge in [0.1, 0.15) is 10.6 Å². The molecule has 0 amide bonds. The maximum atomic E-state index is 12.2. The van der Waals surface area contributed by atoms with Gasteiger partial charge in [-0.3, -0.25) is 4.79 Å². The number of ether oxygens (including phenoxy) is 1.